The molecule has 9 nitrogen and oxygen atoms in total. The standard InChI is InChI=1S/C83H136NO8P/c1-3-5-7-9-11-13-15-17-19-21-23-25-27-29-31-33-35-37-39-40-42-43-45-47-49-51-53-55-57-59-61-63-65-67-69-71-73-75-82(85)89-79-81(80-91-93(87,88)90-78-77-84)92-83(86)76-74-72-70-68-66-64-62-60-58-56-54-52-50-48-46-44-41-38-36-34-32-30-28-26-24-22-20-18-16-14-12-10-8-6-4-2/h5-8,11-14,17-20,23-26,29-32,35-38,44,46,50,52,56,58,81H,3-4,9-10,15-16,21-22,27-28,33-34,39-43,45,47-49,51,53-55,57,59-80,84H2,1-2H3,(H,87,88)/b7-5-,8-6-,13-11-,14-12-,19-17-,20-18-,25-23-,26-24-,31-29-,32-30-,37-35-,38-36-,46-44-,52-50-,58-56-. The van der Waals surface area contributed by atoms with Crippen molar-refractivity contribution in [1.29, 1.82) is 0 Å². The van der Waals surface area contributed by atoms with E-state index >= 15 is 0 Å². The van der Waals surface area contributed by atoms with Gasteiger partial charge < -0.3 is 20.1 Å². The molecule has 0 heterocycles. The first-order chi connectivity index (χ1) is 45.8. The second-order valence-corrected chi connectivity index (χ2v) is 25.5. The minimum atomic E-state index is -4.41. The number of carbonyl (C=O) groups is 2. The number of nitrogens with two attached hydrogens (primary N) is 1. The molecular weight excluding hydrogens is 1170 g/mol. The molecular formula is C83H136NO8P. The van der Waals surface area contributed by atoms with E-state index in [0.29, 0.717) is 6.42 Å². The van der Waals surface area contributed by atoms with E-state index in [1.807, 2.05) is 0 Å². The molecule has 0 bridgehead atoms. The van der Waals surface area contributed by atoms with Crippen LogP contribution >= 0.6 is 7.82 Å². The topological polar surface area (TPSA) is 134 Å². The number of ether oxygens (including phenoxy) is 2. The SMILES string of the molecule is CC/C=C\C/C=C\C/C=C\C/C=C\C/C=C\C/C=C\C/C=C\C/C=C\C/C=C\CCCCCCCCCC(=O)OC(COC(=O)CCCCCCCCCCCCCCCCCCCC/C=C\C/C=C\C/C=C\C/C=C\C/C=C\C/C=C\CC)COP(=O)(O)OCCN. The third-order valence-electron chi connectivity index (χ3n) is 15.3. The van der Waals surface area contributed by atoms with Gasteiger partial charge in [0.15, 0.2) is 6.10 Å². The number of esters is 2. The van der Waals surface area contributed by atoms with Gasteiger partial charge in [0.2, 0.25) is 0 Å². The second-order valence-electron chi connectivity index (χ2n) is 24.0. The number of carbonyl (C=O) groups excluding carboxylic acids is 2. The molecule has 0 aromatic carbocycles. The molecule has 0 fully saturated rings. The zero-order valence-electron chi connectivity index (χ0n) is 59.2. The quantitative estimate of drug-likeness (QED) is 0.0264. The number of hydrogen-bond donors (Lipinski definition) is 2. The summed E-state index contributed by atoms with van der Waals surface area (Å²) in [7, 11) is -4.41. The zero-order valence-corrected chi connectivity index (χ0v) is 60.1. The van der Waals surface area contributed by atoms with Crippen molar-refractivity contribution >= 4 is 19.8 Å². The van der Waals surface area contributed by atoms with Gasteiger partial charge in [-0.25, -0.2) is 4.57 Å². The summed E-state index contributed by atoms with van der Waals surface area (Å²) >= 11 is 0. The van der Waals surface area contributed by atoms with Crippen LogP contribution in [-0.2, 0) is 32.7 Å². The Hall–Kier alpha value is -4.89. The van der Waals surface area contributed by atoms with Gasteiger partial charge in [0, 0.05) is 19.4 Å². The van der Waals surface area contributed by atoms with Gasteiger partial charge in [-0.3, -0.25) is 18.6 Å². The zero-order chi connectivity index (χ0) is 67.2. The van der Waals surface area contributed by atoms with Gasteiger partial charge in [0.05, 0.1) is 13.2 Å². The van der Waals surface area contributed by atoms with Crippen molar-refractivity contribution in [3.05, 3.63) is 182 Å². The van der Waals surface area contributed by atoms with Gasteiger partial charge in [-0.2, -0.15) is 0 Å². The molecule has 0 aliphatic heterocycles. The Morgan fingerprint density at radius 2 is 0.559 bits per heavy atom. The lowest BCUT2D eigenvalue weighted by molar-refractivity contribution is -0.161. The molecule has 0 spiro atoms. The average molecular weight is 1310 g/mol. The van der Waals surface area contributed by atoms with Crippen LogP contribution in [0.5, 0.6) is 0 Å². The molecule has 0 amide bonds. The summed E-state index contributed by atoms with van der Waals surface area (Å²) in [6.45, 7) is 3.51. The van der Waals surface area contributed by atoms with Crippen LogP contribution in [0.2, 0.25) is 0 Å². The van der Waals surface area contributed by atoms with E-state index in [1.165, 1.54) is 116 Å². The number of hydrogen-bond acceptors (Lipinski definition) is 8. The van der Waals surface area contributed by atoms with Crippen LogP contribution in [0.3, 0.4) is 0 Å². The second kappa shape index (κ2) is 76.1. The molecule has 0 saturated carbocycles. The van der Waals surface area contributed by atoms with E-state index < -0.39 is 26.5 Å². The molecule has 0 aromatic rings. The molecule has 526 valence electrons. The normalized spacial score (nSPS) is 14.0. The van der Waals surface area contributed by atoms with Gasteiger partial charge in [-0.1, -0.05) is 331 Å². The van der Waals surface area contributed by atoms with Crippen LogP contribution in [0.4, 0.5) is 0 Å². The van der Waals surface area contributed by atoms with Crippen molar-refractivity contribution < 1.29 is 37.6 Å². The van der Waals surface area contributed by atoms with Crippen molar-refractivity contribution in [2.45, 2.75) is 302 Å². The highest BCUT2D eigenvalue weighted by molar-refractivity contribution is 7.47. The maximum absolute atomic E-state index is 12.8. The van der Waals surface area contributed by atoms with E-state index in [9.17, 15) is 19.0 Å². The van der Waals surface area contributed by atoms with E-state index in [1.54, 1.807) is 0 Å². The Kier molecular flexibility index (Phi) is 72.1. The summed E-state index contributed by atoms with van der Waals surface area (Å²) in [6, 6.07) is 0. The summed E-state index contributed by atoms with van der Waals surface area (Å²) in [5.74, 6) is -0.844. The van der Waals surface area contributed by atoms with Crippen LogP contribution in [-0.4, -0.2) is 49.3 Å². The minimum Gasteiger partial charge on any atom is -0.462 e. The molecule has 93 heavy (non-hydrogen) atoms. The van der Waals surface area contributed by atoms with E-state index in [-0.39, 0.29) is 38.6 Å². The Morgan fingerprint density at radius 1 is 0.323 bits per heavy atom. The molecule has 0 aliphatic rings. The molecule has 0 radical (unpaired) electrons. The van der Waals surface area contributed by atoms with E-state index in [0.717, 1.165) is 148 Å². The Morgan fingerprint density at radius 3 is 0.828 bits per heavy atom. The van der Waals surface area contributed by atoms with Crippen LogP contribution in [0.1, 0.15) is 296 Å². The largest absolute Gasteiger partial charge is 0.472 e. The van der Waals surface area contributed by atoms with E-state index in [4.69, 9.17) is 24.3 Å². The lowest BCUT2D eigenvalue weighted by atomic mass is 10.0. The van der Waals surface area contributed by atoms with Gasteiger partial charge in [0.25, 0.3) is 0 Å². The van der Waals surface area contributed by atoms with Gasteiger partial charge in [-0.15, -0.1) is 0 Å². The first kappa shape index (κ1) is 88.1. The third-order valence-corrected chi connectivity index (χ3v) is 16.3. The molecule has 0 aliphatic carbocycles. The maximum Gasteiger partial charge on any atom is 0.472 e. The predicted molar refractivity (Wildman–Crippen MR) is 403 cm³/mol. The minimum absolute atomic E-state index is 0.0438. The van der Waals surface area contributed by atoms with Gasteiger partial charge in [-0.05, 0) is 135 Å². The Balaban J connectivity index is 3.93. The summed E-state index contributed by atoms with van der Waals surface area (Å²) in [6.07, 6.45) is 114. The predicted octanol–water partition coefficient (Wildman–Crippen LogP) is 25.1. The Bertz CT molecular complexity index is 2180. The molecule has 0 aromatic heterocycles. The monoisotopic (exact) mass is 1310 g/mol. The van der Waals surface area contributed by atoms with Crippen molar-refractivity contribution in [2.75, 3.05) is 26.4 Å². The van der Waals surface area contributed by atoms with Crippen molar-refractivity contribution in [1.82, 2.24) is 0 Å². The fourth-order valence-electron chi connectivity index (χ4n) is 9.87. The Labute approximate surface area is 571 Å². The number of allylic oxidation sites excluding steroid dienone is 30. The summed E-state index contributed by atoms with van der Waals surface area (Å²) in [5.41, 5.74) is 5.41. The van der Waals surface area contributed by atoms with Crippen LogP contribution in [0.15, 0.2) is 182 Å². The van der Waals surface area contributed by atoms with Crippen molar-refractivity contribution in [2.24, 2.45) is 5.73 Å². The number of rotatable bonds is 68. The molecule has 2 atom stereocenters. The number of phosphoric ester groups is 1. The van der Waals surface area contributed by atoms with Crippen LogP contribution in [0, 0.1) is 0 Å². The lowest BCUT2D eigenvalue weighted by Gasteiger charge is -2.19. The van der Waals surface area contributed by atoms with Crippen molar-refractivity contribution in [3.63, 3.8) is 0 Å². The summed E-state index contributed by atoms with van der Waals surface area (Å²) in [4.78, 5) is 35.4. The summed E-state index contributed by atoms with van der Waals surface area (Å²) < 4.78 is 33.2. The molecule has 2 unspecified atom stereocenters. The van der Waals surface area contributed by atoms with Gasteiger partial charge in [0.1, 0.15) is 6.61 Å². The highest BCUT2D eigenvalue weighted by Crippen LogP contribution is 2.43. The molecule has 0 rings (SSSR count). The fourth-order valence-corrected chi connectivity index (χ4v) is 10.6. The number of unbranched alkanes of at least 4 members (excludes halogenated alkanes) is 25. The lowest BCUT2D eigenvalue weighted by Crippen LogP contribution is -2.29. The van der Waals surface area contributed by atoms with Crippen molar-refractivity contribution in [3.8, 4) is 0 Å². The highest BCUT2D eigenvalue weighted by atomic mass is 31.2. The average Bonchev–Trinajstić information content (AvgIpc) is 3.70. The maximum atomic E-state index is 12.8. The molecule has 10 heteroatoms. The van der Waals surface area contributed by atoms with Gasteiger partial charge >= 0.3 is 19.8 Å². The van der Waals surface area contributed by atoms with Crippen LogP contribution in [0.25, 0.3) is 0 Å². The first-order valence-electron chi connectivity index (χ1n) is 37.3. The van der Waals surface area contributed by atoms with E-state index in [2.05, 4.69) is 196 Å². The van der Waals surface area contributed by atoms with Crippen LogP contribution < -0.4 is 5.73 Å². The fraction of sp³-hybridized carbons (Fsp3) is 0.614. The molecule has 3 N–H and O–H groups in total. The highest BCUT2D eigenvalue weighted by Gasteiger charge is 2.26. The third kappa shape index (κ3) is 76.0. The number of phosphoric acid groups is 1. The summed E-state index contributed by atoms with van der Waals surface area (Å²) in [5, 5.41) is 0. The smallest absolute Gasteiger partial charge is 0.462 e. The first-order valence-corrected chi connectivity index (χ1v) is 38.8. The molecule has 0 saturated heterocycles.